The molecule has 0 heterocycles. The number of benzene rings is 1. The molecule has 1 rings (SSSR count). The van der Waals surface area contributed by atoms with E-state index in [1.54, 1.807) is 31.2 Å². The molecular weight excluding hydrogens is 182 g/mol. The van der Waals surface area contributed by atoms with E-state index in [-0.39, 0.29) is 12.6 Å². The molecule has 0 aliphatic carbocycles. The van der Waals surface area contributed by atoms with Gasteiger partial charge in [0.15, 0.2) is 0 Å². The van der Waals surface area contributed by atoms with Gasteiger partial charge in [-0.25, -0.2) is 4.79 Å². The summed E-state index contributed by atoms with van der Waals surface area (Å²) in [4.78, 5) is 11.1. The van der Waals surface area contributed by atoms with Crippen molar-refractivity contribution in [1.29, 1.82) is 0 Å². The number of hydrogen-bond donors (Lipinski definition) is 2. The Balaban J connectivity index is 2.42. The summed E-state index contributed by atoms with van der Waals surface area (Å²) in [5.74, 6) is 0.482. The second kappa shape index (κ2) is 5.24. The van der Waals surface area contributed by atoms with Crippen molar-refractivity contribution in [1.82, 2.24) is 5.32 Å². The Kier molecular flexibility index (Phi) is 3.94. The fourth-order valence-corrected chi connectivity index (χ4v) is 0.872. The van der Waals surface area contributed by atoms with Gasteiger partial charge in [-0.2, -0.15) is 0 Å². The third-order valence-electron chi connectivity index (χ3n) is 1.59. The van der Waals surface area contributed by atoms with E-state index in [2.05, 4.69) is 5.32 Å². The van der Waals surface area contributed by atoms with E-state index >= 15 is 0 Å². The Hall–Kier alpha value is -1.55. The summed E-state index contributed by atoms with van der Waals surface area (Å²) >= 11 is 0. The fraction of sp³-hybridized carbons (Fsp3) is 0.300. The summed E-state index contributed by atoms with van der Waals surface area (Å²) in [6.07, 6.45) is -0.558. The number of carbonyl (C=O) groups is 1. The molecule has 4 nitrogen and oxygen atoms in total. The average molecular weight is 195 g/mol. The Morgan fingerprint density at radius 2 is 2.14 bits per heavy atom. The largest absolute Gasteiger partial charge is 0.412 e. The molecule has 14 heavy (non-hydrogen) atoms. The standard InChI is InChI=1S/C10H13NO3/c1-8(7-12)11-10(13)14-9-5-3-2-4-6-9/h2-6,8,12H,7H2,1H3,(H,11,13)/t8-/m0/s1. The minimum atomic E-state index is -0.558. The summed E-state index contributed by atoms with van der Waals surface area (Å²) in [7, 11) is 0. The molecule has 76 valence electrons. The smallest absolute Gasteiger partial charge is 0.410 e. The first-order valence-electron chi connectivity index (χ1n) is 4.36. The lowest BCUT2D eigenvalue weighted by molar-refractivity contribution is 0.186. The van der Waals surface area contributed by atoms with Gasteiger partial charge in [-0.3, -0.25) is 0 Å². The molecule has 1 aromatic carbocycles. The van der Waals surface area contributed by atoms with Crippen LogP contribution in [0.15, 0.2) is 30.3 Å². The van der Waals surface area contributed by atoms with Gasteiger partial charge in [0.05, 0.1) is 12.6 Å². The van der Waals surface area contributed by atoms with Crippen LogP contribution in [-0.2, 0) is 0 Å². The highest BCUT2D eigenvalue weighted by molar-refractivity contribution is 5.70. The van der Waals surface area contributed by atoms with Crippen LogP contribution in [0.25, 0.3) is 0 Å². The van der Waals surface area contributed by atoms with E-state index in [1.165, 1.54) is 0 Å². The van der Waals surface area contributed by atoms with Crippen LogP contribution in [0.3, 0.4) is 0 Å². The third-order valence-corrected chi connectivity index (χ3v) is 1.59. The van der Waals surface area contributed by atoms with Gasteiger partial charge in [-0.05, 0) is 19.1 Å². The molecule has 0 aliphatic heterocycles. The zero-order chi connectivity index (χ0) is 10.4. The van der Waals surface area contributed by atoms with Crippen molar-refractivity contribution in [2.75, 3.05) is 6.61 Å². The molecule has 0 aromatic heterocycles. The van der Waals surface area contributed by atoms with Crippen molar-refractivity contribution in [3.8, 4) is 5.75 Å². The van der Waals surface area contributed by atoms with E-state index in [1.807, 2.05) is 6.07 Å². The van der Waals surface area contributed by atoms with E-state index in [9.17, 15) is 4.79 Å². The van der Waals surface area contributed by atoms with Crippen molar-refractivity contribution >= 4 is 6.09 Å². The Bertz CT molecular complexity index is 287. The number of carbonyl (C=O) groups excluding carboxylic acids is 1. The Labute approximate surface area is 82.5 Å². The topological polar surface area (TPSA) is 58.6 Å². The number of aliphatic hydroxyl groups is 1. The van der Waals surface area contributed by atoms with Gasteiger partial charge in [0, 0.05) is 0 Å². The Morgan fingerprint density at radius 3 is 2.71 bits per heavy atom. The molecular formula is C10H13NO3. The first-order valence-corrected chi connectivity index (χ1v) is 4.36. The quantitative estimate of drug-likeness (QED) is 0.760. The summed E-state index contributed by atoms with van der Waals surface area (Å²) in [5.41, 5.74) is 0. The molecule has 0 spiro atoms. The predicted octanol–water partition coefficient (Wildman–Crippen LogP) is 1.16. The van der Waals surface area contributed by atoms with Crippen LogP contribution in [0, 0.1) is 0 Å². The number of amides is 1. The lowest BCUT2D eigenvalue weighted by Crippen LogP contribution is -2.36. The van der Waals surface area contributed by atoms with E-state index in [0.29, 0.717) is 5.75 Å². The van der Waals surface area contributed by atoms with Gasteiger partial charge in [-0.1, -0.05) is 18.2 Å². The second-order valence-corrected chi connectivity index (χ2v) is 2.93. The minimum absolute atomic E-state index is 0.107. The summed E-state index contributed by atoms with van der Waals surface area (Å²) in [6, 6.07) is 8.45. The van der Waals surface area contributed by atoms with Crippen LogP contribution in [0.1, 0.15) is 6.92 Å². The highest BCUT2D eigenvalue weighted by Crippen LogP contribution is 2.08. The van der Waals surface area contributed by atoms with Crippen molar-refractivity contribution in [3.05, 3.63) is 30.3 Å². The second-order valence-electron chi connectivity index (χ2n) is 2.93. The number of nitrogens with one attached hydrogen (secondary N) is 1. The molecule has 0 bridgehead atoms. The van der Waals surface area contributed by atoms with Crippen molar-refractivity contribution in [2.24, 2.45) is 0 Å². The van der Waals surface area contributed by atoms with Crippen LogP contribution >= 0.6 is 0 Å². The molecule has 2 N–H and O–H groups in total. The van der Waals surface area contributed by atoms with Gasteiger partial charge in [0.25, 0.3) is 0 Å². The molecule has 0 fully saturated rings. The maximum atomic E-state index is 11.1. The fourth-order valence-electron chi connectivity index (χ4n) is 0.872. The van der Waals surface area contributed by atoms with Gasteiger partial charge >= 0.3 is 6.09 Å². The van der Waals surface area contributed by atoms with Crippen molar-refractivity contribution in [2.45, 2.75) is 13.0 Å². The Morgan fingerprint density at radius 1 is 1.50 bits per heavy atom. The van der Waals surface area contributed by atoms with Gasteiger partial charge < -0.3 is 15.2 Å². The molecule has 1 aromatic rings. The lowest BCUT2D eigenvalue weighted by Gasteiger charge is -2.10. The van der Waals surface area contributed by atoms with Crippen molar-refractivity contribution < 1.29 is 14.6 Å². The summed E-state index contributed by atoms with van der Waals surface area (Å²) in [6.45, 7) is 1.58. The lowest BCUT2D eigenvalue weighted by atomic mass is 10.3. The average Bonchev–Trinajstić information content (AvgIpc) is 2.19. The van der Waals surface area contributed by atoms with Crippen LogP contribution < -0.4 is 10.1 Å². The molecule has 0 radical (unpaired) electrons. The predicted molar refractivity (Wildman–Crippen MR) is 52.1 cm³/mol. The van der Waals surface area contributed by atoms with Crippen molar-refractivity contribution in [3.63, 3.8) is 0 Å². The van der Waals surface area contributed by atoms with Gasteiger partial charge in [0.1, 0.15) is 5.75 Å². The highest BCUT2D eigenvalue weighted by atomic mass is 16.6. The molecule has 0 saturated carbocycles. The molecule has 1 amide bonds. The van der Waals surface area contributed by atoms with Gasteiger partial charge in [0.2, 0.25) is 0 Å². The first kappa shape index (κ1) is 10.5. The molecule has 4 heteroatoms. The van der Waals surface area contributed by atoms with Gasteiger partial charge in [-0.15, -0.1) is 0 Å². The highest BCUT2D eigenvalue weighted by Gasteiger charge is 2.07. The first-order chi connectivity index (χ1) is 6.72. The van der Waals surface area contributed by atoms with Crippen LogP contribution in [-0.4, -0.2) is 23.8 Å². The minimum Gasteiger partial charge on any atom is -0.410 e. The van der Waals surface area contributed by atoms with Crippen LogP contribution in [0.4, 0.5) is 4.79 Å². The number of aliphatic hydroxyl groups excluding tert-OH is 1. The van der Waals surface area contributed by atoms with Crippen LogP contribution in [0.2, 0.25) is 0 Å². The van der Waals surface area contributed by atoms with Crippen LogP contribution in [0.5, 0.6) is 5.75 Å². The monoisotopic (exact) mass is 195 g/mol. The summed E-state index contributed by atoms with van der Waals surface area (Å²) < 4.78 is 4.93. The number of para-hydroxylation sites is 1. The normalized spacial score (nSPS) is 11.9. The molecule has 0 aliphatic rings. The number of ether oxygens (including phenoxy) is 1. The maximum Gasteiger partial charge on any atom is 0.412 e. The molecule has 0 saturated heterocycles. The molecule has 0 unspecified atom stereocenters. The van der Waals surface area contributed by atoms with E-state index in [0.717, 1.165) is 0 Å². The third kappa shape index (κ3) is 3.45. The molecule has 1 atom stereocenters. The summed E-state index contributed by atoms with van der Waals surface area (Å²) in [5, 5.41) is 11.1. The number of hydrogen-bond acceptors (Lipinski definition) is 3. The van der Waals surface area contributed by atoms with E-state index < -0.39 is 6.09 Å². The SMILES string of the molecule is C[C@@H](CO)NC(=O)Oc1ccccc1. The zero-order valence-electron chi connectivity index (χ0n) is 7.93. The number of rotatable bonds is 3. The zero-order valence-corrected chi connectivity index (χ0v) is 7.93. The van der Waals surface area contributed by atoms with E-state index in [4.69, 9.17) is 9.84 Å². The maximum absolute atomic E-state index is 11.1.